The van der Waals surface area contributed by atoms with Gasteiger partial charge >= 0.3 is 0 Å². The fraction of sp³-hybridized carbons (Fsp3) is 0.750. The highest BCUT2D eigenvalue weighted by Crippen LogP contribution is 2.19. The van der Waals surface area contributed by atoms with Crippen molar-refractivity contribution in [2.75, 3.05) is 24.6 Å². The predicted octanol–water partition coefficient (Wildman–Crippen LogP) is 3.42. The Morgan fingerprint density at radius 1 is 1.30 bits per heavy atom. The van der Waals surface area contributed by atoms with Crippen LogP contribution in [0.2, 0.25) is 0 Å². The smallest absolute Gasteiger partial charge is 0.118 e. The van der Waals surface area contributed by atoms with E-state index < -0.39 is 0 Å². The molecular weight excluding hydrogens is 268 g/mol. The first-order valence-electron chi connectivity index (χ1n) is 7.57. The van der Waals surface area contributed by atoms with E-state index in [2.05, 4.69) is 55.7 Å². The van der Waals surface area contributed by atoms with Gasteiger partial charge in [0.05, 0.1) is 6.54 Å². The second-order valence-electron chi connectivity index (χ2n) is 6.64. The summed E-state index contributed by atoms with van der Waals surface area (Å²) in [6.07, 6.45) is 1.31. The van der Waals surface area contributed by atoms with Crippen LogP contribution in [0, 0.1) is 6.92 Å². The molecule has 0 aliphatic carbocycles. The minimum atomic E-state index is 0.128. The Hall–Kier alpha value is -0.450. The molecule has 0 radical (unpaired) electrons. The summed E-state index contributed by atoms with van der Waals surface area (Å²) < 4.78 is 5.89. The Morgan fingerprint density at radius 2 is 2.10 bits per heavy atom. The predicted molar refractivity (Wildman–Crippen MR) is 87.3 cm³/mol. The minimum absolute atomic E-state index is 0.128. The van der Waals surface area contributed by atoms with Gasteiger partial charge in [-0.3, -0.25) is 4.90 Å². The number of thioether (sulfide) groups is 1. The van der Waals surface area contributed by atoms with Crippen molar-refractivity contribution < 1.29 is 4.42 Å². The first-order chi connectivity index (χ1) is 9.44. The van der Waals surface area contributed by atoms with Gasteiger partial charge in [0.25, 0.3) is 0 Å². The molecule has 1 aromatic heterocycles. The van der Waals surface area contributed by atoms with Crippen molar-refractivity contribution in [3.63, 3.8) is 0 Å². The third-order valence-corrected chi connectivity index (χ3v) is 4.62. The van der Waals surface area contributed by atoms with Gasteiger partial charge in [-0.1, -0.05) is 0 Å². The molecule has 1 saturated heterocycles. The third-order valence-electron chi connectivity index (χ3n) is 3.57. The second kappa shape index (κ2) is 7.01. The van der Waals surface area contributed by atoms with Crippen molar-refractivity contribution in [1.82, 2.24) is 10.2 Å². The zero-order chi connectivity index (χ0) is 14.6. The molecular formula is C16H28N2OS. The number of aryl methyl sites for hydroxylation is 1. The molecule has 1 fully saturated rings. The Balaban J connectivity index is 1.92. The highest BCUT2D eigenvalue weighted by molar-refractivity contribution is 7.99. The van der Waals surface area contributed by atoms with E-state index in [1.165, 1.54) is 36.6 Å². The molecule has 1 aliphatic heterocycles. The highest BCUT2D eigenvalue weighted by Gasteiger charge is 2.15. The van der Waals surface area contributed by atoms with E-state index in [1.807, 2.05) is 0 Å². The fourth-order valence-electron chi connectivity index (χ4n) is 2.38. The maximum Gasteiger partial charge on any atom is 0.118 e. The van der Waals surface area contributed by atoms with Crippen LogP contribution in [0.25, 0.3) is 0 Å². The molecule has 0 bridgehead atoms. The molecule has 3 nitrogen and oxygen atoms in total. The summed E-state index contributed by atoms with van der Waals surface area (Å²) in [6.45, 7) is 12.9. The van der Waals surface area contributed by atoms with Gasteiger partial charge in [-0.05, 0) is 52.5 Å². The first kappa shape index (κ1) is 15.9. The molecule has 0 atom stereocenters. The number of rotatable bonds is 4. The van der Waals surface area contributed by atoms with Gasteiger partial charge in [0.15, 0.2) is 0 Å². The van der Waals surface area contributed by atoms with Crippen molar-refractivity contribution in [3.8, 4) is 0 Å². The monoisotopic (exact) mass is 296 g/mol. The summed E-state index contributed by atoms with van der Waals surface area (Å²) >= 11 is 2.08. The maximum atomic E-state index is 5.89. The molecule has 0 saturated carbocycles. The number of furan rings is 1. The summed E-state index contributed by atoms with van der Waals surface area (Å²) in [5, 5.41) is 3.48. The van der Waals surface area contributed by atoms with Crippen molar-refractivity contribution >= 4 is 11.8 Å². The lowest BCUT2D eigenvalue weighted by Gasteiger charge is -2.19. The van der Waals surface area contributed by atoms with E-state index in [1.54, 1.807) is 0 Å². The summed E-state index contributed by atoms with van der Waals surface area (Å²) in [5.74, 6) is 4.70. The first-order valence-corrected chi connectivity index (χ1v) is 8.73. The minimum Gasteiger partial charge on any atom is -0.465 e. The van der Waals surface area contributed by atoms with E-state index >= 15 is 0 Å². The van der Waals surface area contributed by atoms with Crippen LogP contribution in [0.15, 0.2) is 10.5 Å². The largest absolute Gasteiger partial charge is 0.465 e. The van der Waals surface area contributed by atoms with Crippen LogP contribution in [-0.2, 0) is 13.1 Å². The zero-order valence-corrected chi connectivity index (χ0v) is 14.1. The zero-order valence-electron chi connectivity index (χ0n) is 13.3. The molecule has 20 heavy (non-hydrogen) atoms. The molecule has 2 heterocycles. The summed E-state index contributed by atoms with van der Waals surface area (Å²) in [7, 11) is 0. The molecule has 2 rings (SSSR count). The van der Waals surface area contributed by atoms with Crippen LogP contribution in [-0.4, -0.2) is 35.0 Å². The number of nitrogens with zero attached hydrogens (tertiary/aromatic N) is 1. The Kier molecular flexibility index (Phi) is 5.58. The molecule has 1 aliphatic rings. The van der Waals surface area contributed by atoms with Gasteiger partial charge in [-0.25, -0.2) is 0 Å². The van der Waals surface area contributed by atoms with Gasteiger partial charge in [-0.2, -0.15) is 11.8 Å². The SMILES string of the molecule is Cc1oc(CNC(C)(C)C)cc1CN1CCCSCC1. The lowest BCUT2D eigenvalue weighted by molar-refractivity contribution is 0.285. The Bertz CT molecular complexity index is 415. The van der Waals surface area contributed by atoms with Crippen molar-refractivity contribution in [1.29, 1.82) is 0 Å². The van der Waals surface area contributed by atoms with Gasteiger partial charge in [0.1, 0.15) is 11.5 Å². The molecule has 1 N–H and O–H groups in total. The fourth-order valence-corrected chi connectivity index (χ4v) is 3.31. The van der Waals surface area contributed by atoms with Crippen LogP contribution in [0.5, 0.6) is 0 Å². The van der Waals surface area contributed by atoms with Crippen LogP contribution < -0.4 is 5.32 Å². The van der Waals surface area contributed by atoms with Crippen molar-refractivity contribution in [2.45, 2.75) is 52.7 Å². The number of hydrogen-bond acceptors (Lipinski definition) is 4. The van der Waals surface area contributed by atoms with Crippen LogP contribution >= 0.6 is 11.8 Å². The highest BCUT2D eigenvalue weighted by atomic mass is 32.2. The standard InChI is InChI=1S/C16H28N2OS/c1-13-14(12-18-6-5-8-20-9-7-18)10-15(19-13)11-17-16(2,3)4/h10,17H,5-9,11-12H2,1-4H3. The maximum absolute atomic E-state index is 5.89. The van der Waals surface area contributed by atoms with Crippen molar-refractivity contribution in [3.05, 3.63) is 23.2 Å². The quantitative estimate of drug-likeness (QED) is 0.921. The van der Waals surface area contributed by atoms with Gasteiger partial charge < -0.3 is 9.73 Å². The molecule has 114 valence electrons. The molecule has 1 aromatic rings. The third kappa shape index (κ3) is 5.15. The lowest BCUT2D eigenvalue weighted by atomic mass is 10.1. The molecule has 4 heteroatoms. The van der Waals surface area contributed by atoms with E-state index in [0.717, 1.165) is 24.6 Å². The van der Waals surface area contributed by atoms with Gasteiger partial charge in [-0.15, -0.1) is 0 Å². The summed E-state index contributed by atoms with van der Waals surface area (Å²) in [6, 6.07) is 2.23. The average Bonchev–Trinajstić information content (AvgIpc) is 2.57. The second-order valence-corrected chi connectivity index (χ2v) is 7.86. The Labute approximate surface area is 127 Å². The summed E-state index contributed by atoms with van der Waals surface area (Å²) in [4.78, 5) is 2.55. The van der Waals surface area contributed by atoms with Crippen LogP contribution in [0.4, 0.5) is 0 Å². The molecule has 0 unspecified atom stereocenters. The Morgan fingerprint density at radius 3 is 2.85 bits per heavy atom. The van der Waals surface area contributed by atoms with E-state index in [0.29, 0.717) is 0 Å². The van der Waals surface area contributed by atoms with E-state index in [9.17, 15) is 0 Å². The van der Waals surface area contributed by atoms with Crippen LogP contribution in [0.3, 0.4) is 0 Å². The number of hydrogen-bond donors (Lipinski definition) is 1. The molecule has 0 spiro atoms. The topological polar surface area (TPSA) is 28.4 Å². The number of nitrogens with one attached hydrogen (secondary N) is 1. The molecule has 0 amide bonds. The lowest BCUT2D eigenvalue weighted by Crippen LogP contribution is -2.34. The van der Waals surface area contributed by atoms with Gasteiger partial charge in [0.2, 0.25) is 0 Å². The molecule has 0 aromatic carbocycles. The summed E-state index contributed by atoms with van der Waals surface area (Å²) in [5.41, 5.74) is 1.48. The van der Waals surface area contributed by atoms with E-state index in [-0.39, 0.29) is 5.54 Å². The van der Waals surface area contributed by atoms with E-state index in [4.69, 9.17) is 4.42 Å². The average molecular weight is 296 g/mol. The van der Waals surface area contributed by atoms with Crippen molar-refractivity contribution in [2.24, 2.45) is 0 Å². The normalized spacial score (nSPS) is 18.2. The van der Waals surface area contributed by atoms with Gasteiger partial charge in [0, 0.05) is 29.9 Å². The van der Waals surface area contributed by atoms with Crippen LogP contribution in [0.1, 0.15) is 44.3 Å².